The Bertz CT molecular complexity index is 613. The van der Waals surface area contributed by atoms with Crippen LogP contribution in [0.15, 0.2) is 34.1 Å². The van der Waals surface area contributed by atoms with E-state index < -0.39 is 0 Å². The number of benzene rings is 1. The van der Waals surface area contributed by atoms with Crippen molar-refractivity contribution in [2.45, 2.75) is 12.5 Å². The first-order valence-corrected chi connectivity index (χ1v) is 8.91. The Morgan fingerprint density at radius 3 is 2.86 bits per heavy atom. The number of thiazole rings is 1. The fourth-order valence-electron chi connectivity index (χ4n) is 2.77. The van der Waals surface area contributed by atoms with Crippen molar-refractivity contribution in [1.29, 1.82) is 0 Å². The minimum atomic E-state index is 0.402. The summed E-state index contributed by atoms with van der Waals surface area (Å²) in [6.07, 6.45) is 1.23. The van der Waals surface area contributed by atoms with Crippen LogP contribution in [0.25, 0.3) is 11.3 Å². The van der Waals surface area contributed by atoms with E-state index in [4.69, 9.17) is 4.98 Å². The van der Waals surface area contributed by atoms with Crippen LogP contribution in [0, 0.1) is 0 Å². The third-order valence-corrected chi connectivity index (χ3v) is 5.66. The van der Waals surface area contributed by atoms with Gasteiger partial charge in [0.05, 0.1) is 11.7 Å². The molecule has 0 N–H and O–H groups in total. The van der Waals surface area contributed by atoms with Crippen molar-refractivity contribution >= 4 is 27.3 Å². The highest BCUT2D eigenvalue weighted by Crippen LogP contribution is 2.32. The molecule has 21 heavy (non-hydrogen) atoms. The summed E-state index contributed by atoms with van der Waals surface area (Å²) in [5, 5.41) is 3.39. The maximum absolute atomic E-state index is 4.91. The molecule has 0 saturated carbocycles. The average Bonchev–Trinajstić information content (AvgIpc) is 2.88. The van der Waals surface area contributed by atoms with Crippen molar-refractivity contribution in [2.75, 3.05) is 33.7 Å². The summed E-state index contributed by atoms with van der Waals surface area (Å²) in [4.78, 5) is 9.76. The third kappa shape index (κ3) is 3.37. The number of rotatable bonds is 2. The van der Waals surface area contributed by atoms with Gasteiger partial charge in [-0.15, -0.1) is 11.3 Å². The van der Waals surface area contributed by atoms with Crippen molar-refractivity contribution in [3.8, 4) is 11.3 Å². The SMILES string of the molecule is CN1CCCN(C)C(c2nc(-c3ccccc3Br)cs2)C1. The highest BCUT2D eigenvalue weighted by atomic mass is 79.9. The lowest BCUT2D eigenvalue weighted by Crippen LogP contribution is -2.30. The highest BCUT2D eigenvalue weighted by Gasteiger charge is 2.25. The summed E-state index contributed by atoms with van der Waals surface area (Å²) in [5.41, 5.74) is 2.24. The predicted molar refractivity (Wildman–Crippen MR) is 92.7 cm³/mol. The van der Waals surface area contributed by atoms with Gasteiger partial charge in [0, 0.05) is 22.0 Å². The van der Waals surface area contributed by atoms with Crippen LogP contribution in [0.5, 0.6) is 0 Å². The van der Waals surface area contributed by atoms with Gasteiger partial charge in [-0.2, -0.15) is 0 Å². The van der Waals surface area contributed by atoms with E-state index in [9.17, 15) is 0 Å². The first-order valence-electron chi connectivity index (χ1n) is 7.24. The molecule has 1 aromatic heterocycles. The molecule has 0 aliphatic carbocycles. The lowest BCUT2D eigenvalue weighted by atomic mass is 10.2. The van der Waals surface area contributed by atoms with Gasteiger partial charge in [0.15, 0.2) is 0 Å². The number of hydrogen-bond donors (Lipinski definition) is 0. The van der Waals surface area contributed by atoms with Gasteiger partial charge in [0.1, 0.15) is 5.01 Å². The van der Waals surface area contributed by atoms with Crippen LogP contribution in [0.2, 0.25) is 0 Å². The largest absolute Gasteiger partial charge is 0.304 e. The van der Waals surface area contributed by atoms with Crippen LogP contribution >= 0.6 is 27.3 Å². The van der Waals surface area contributed by atoms with Crippen LogP contribution in [0.1, 0.15) is 17.5 Å². The molecule has 1 unspecified atom stereocenters. The summed E-state index contributed by atoms with van der Waals surface area (Å²) < 4.78 is 1.10. The van der Waals surface area contributed by atoms with E-state index in [1.165, 1.54) is 23.5 Å². The van der Waals surface area contributed by atoms with Gasteiger partial charge < -0.3 is 4.90 Å². The summed E-state index contributed by atoms with van der Waals surface area (Å²) in [7, 11) is 4.41. The highest BCUT2D eigenvalue weighted by molar-refractivity contribution is 9.10. The minimum Gasteiger partial charge on any atom is -0.304 e. The molecular weight excluding hydrogens is 346 g/mol. The first-order chi connectivity index (χ1) is 10.1. The molecule has 1 aromatic carbocycles. The van der Waals surface area contributed by atoms with Crippen LogP contribution in [0.4, 0.5) is 0 Å². The zero-order valence-corrected chi connectivity index (χ0v) is 14.8. The normalized spacial score (nSPS) is 21.4. The molecule has 1 atom stereocenters. The van der Waals surface area contributed by atoms with Gasteiger partial charge in [0.2, 0.25) is 0 Å². The Balaban J connectivity index is 1.89. The van der Waals surface area contributed by atoms with Crippen molar-refractivity contribution in [2.24, 2.45) is 0 Å². The molecule has 1 saturated heterocycles. The first kappa shape index (κ1) is 15.2. The molecule has 1 fully saturated rings. The van der Waals surface area contributed by atoms with Crippen molar-refractivity contribution in [3.05, 3.63) is 39.1 Å². The lowest BCUT2D eigenvalue weighted by Gasteiger charge is -2.25. The Morgan fingerprint density at radius 2 is 2.05 bits per heavy atom. The molecule has 3 nitrogen and oxygen atoms in total. The summed E-state index contributed by atoms with van der Waals surface area (Å²) >= 11 is 5.39. The topological polar surface area (TPSA) is 19.4 Å². The molecule has 0 bridgehead atoms. The van der Waals surface area contributed by atoms with Crippen LogP contribution in [-0.2, 0) is 0 Å². The van der Waals surface area contributed by atoms with Crippen molar-refractivity contribution in [3.63, 3.8) is 0 Å². The maximum Gasteiger partial charge on any atom is 0.112 e. The molecule has 5 heteroatoms. The predicted octanol–water partition coefficient (Wildman–Crippen LogP) is 3.88. The molecule has 1 aliphatic rings. The second-order valence-electron chi connectivity index (χ2n) is 5.66. The van der Waals surface area contributed by atoms with E-state index in [0.29, 0.717) is 6.04 Å². The molecule has 2 heterocycles. The van der Waals surface area contributed by atoms with Crippen LogP contribution in [0.3, 0.4) is 0 Å². The Hall–Kier alpha value is -0.750. The van der Waals surface area contributed by atoms with Crippen LogP contribution < -0.4 is 0 Å². The third-order valence-electron chi connectivity index (χ3n) is 4.02. The molecule has 0 amide bonds. The fraction of sp³-hybridized carbons (Fsp3) is 0.438. The van der Waals surface area contributed by atoms with Crippen LogP contribution in [-0.4, -0.2) is 48.5 Å². The summed E-state index contributed by atoms with van der Waals surface area (Å²) in [5.74, 6) is 0. The van der Waals surface area contributed by atoms with Crippen molar-refractivity contribution < 1.29 is 0 Å². The summed E-state index contributed by atoms with van der Waals surface area (Å²) in [6, 6.07) is 8.68. The lowest BCUT2D eigenvalue weighted by molar-refractivity contribution is 0.228. The van der Waals surface area contributed by atoms with Gasteiger partial charge in [-0.05, 0) is 39.7 Å². The number of nitrogens with zero attached hydrogens (tertiary/aromatic N) is 3. The molecule has 0 radical (unpaired) electrons. The molecule has 2 aromatic rings. The smallest absolute Gasteiger partial charge is 0.112 e. The minimum absolute atomic E-state index is 0.402. The van der Waals surface area contributed by atoms with Crippen molar-refractivity contribution in [1.82, 2.24) is 14.8 Å². The second kappa shape index (κ2) is 6.57. The molecular formula is C16H20BrN3S. The van der Waals surface area contributed by atoms with Gasteiger partial charge in [-0.25, -0.2) is 4.98 Å². The monoisotopic (exact) mass is 365 g/mol. The Labute approximate surface area is 138 Å². The quantitative estimate of drug-likeness (QED) is 0.804. The number of hydrogen-bond acceptors (Lipinski definition) is 4. The van der Waals surface area contributed by atoms with E-state index in [1.807, 2.05) is 6.07 Å². The van der Waals surface area contributed by atoms with E-state index >= 15 is 0 Å². The number of aromatic nitrogens is 1. The van der Waals surface area contributed by atoms with E-state index in [1.54, 1.807) is 11.3 Å². The van der Waals surface area contributed by atoms with Gasteiger partial charge in [0.25, 0.3) is 0 Å². The van der Waals surface area contributed by atoms with E-state index in [-0.39, 0.29) is 0 Å². The van der Waals surface area contributed by atoms with Gasteiger partial charge >= 0.3 is 0 Å². The second-order valence-corrected chi connectivity index (χ2v) is 7.41. The van der Waals surface area contributed by atoms with E-state index in [2.05, 4.69) is 63.4 Å². The molecule has 112 valence electrons. The molecule has 1 aliphatic heterocycles. The summed E-state index contributed by atoms with van der Waals surface area (Å²) in [6.45, 7) is 3.36. The Morgan fingerprint density at radius 1 is 1.24 bits per heavy atom. The average molecular weight is 366 g/mol. The zero-order chi connectivity index (χ0) is 14.8. The fourth-order valence-corrected chi connectivity index (χ4v) is 4.23. The maximum atomic E-state index is 4.91. The van der Waals surface area contributed by atoms with Gasteiger partial charge in [-0.3, -0.25) is 4.90 Å². The standard InChI is InChI=1S/C16H20BrN3S/c1-19-8-5-9-20(2)15(10-19)16-18-14(11-21-16)12-6-3-4-7-13(12)17/h3-4,6-7,11,15H,5,8-10H2,1-2H3. The molecule has 0 spiro atoms. The Kier molecular flexibility index (Phi) is 4.74. The number of likely N-dealkylation sites (N-methyl/N-ethyl adjacent to an activating group) is 2. The van der Waals surface area contributed by atoms with E-state index in [0.717, 1.165) is 23.3 Å². The zero-order valence-electron chi connectivity index (χ0n) is 12.4. The van der Waals surface area contributed by atoms with Gasteiger partial charge in [-0.1, -0.05) is 34.1 Å². The number of halogens is 1. The molecule has 3 rings (SSSR count).